The molecule has 7 heteroatoms. The van der Waals surface area contributed by atoms with Gasteiger partial charge in [-0.3, -0.25) is 9.69 Å². The molecule has 30 heavy (non-hydrogen) atoms. The summed E-state index contributed by atoms with van der Waals surface area (Å²) in [5.41, 5.74) is 2.68. The second-order valence-electron chi connectivity index (χ2n) is 6.74. The number of hydrogen-bond donors (Lipinski definition) is 2. The number of nitrogens with one attached hydrogen (secondary N) is 1. The zero-order valence-electron chi connectivity index (χ0n) is 16.9. The molecule has 0 aromatic heterocycles. The van der Waals surface area contributed by atoms with Crippen LogP contribution in [0.5, 0.6) is 23.0 Å². The van der Waals surface area contributed by atoms with Crippen molar-refractivity contribution in [2.45, 2.75) is 6.17 Å². The van der Waals surface area contributed by atoms with Crippen LogP contribution in [0.2, 0.25) is 0 Å². The van der Waals surface area contributed by atoms with Gasteiger partial charge in [0, 0.05) is 16.9 Å². The highest BCUT2D eigenvalue weighted by Gasteiger charge is 2.35. The first kappa shape index (κ1) is 19.4. The normalized spacial score (nSPS) is 15.2. The lowest BCUT2D eigenvalue weighted by Crippen LogP contribution is -2.43. The summed E-state index contributed by atoms with van der Waals surface area (Å²) in [5, 5.41) is 13.7. The Kier molecular flexibility index (Phi) is 5.10. The molecule has 3 aromatic carbocycles. The van der Waals surface area contributed by atoms with Crippen molar-refractivity contribution in [3.63, 3.8) is 0 Å². The Morgan fingerprint density at radius 1 is 0.900 bits per heavy atom. The van der Waals surface area contributed by atoms with E-state index in [1.807, 2.05) is 30.3 Å². The van der Waals surface area contributed by atoms with E-state index in [1.165, 1.54) is 14.2 Å². The van der Waals surface area contributed by atoms with Crippen LogP contribution in [0.1, 0.15) is 22.1 Å². The highest BCUT2D eigenvalue weighted by atomic mass is 16.5. The molecule has 1 atom stereocenters. The third kappa shape index (κ3) is 3.24. The molecule has 154 valence electrons. The van der Waals surface area contributed by atoms with Gasteiger partial charge in [-0.15, -0.1) is 0 Å². The molecule has 1 heterocycles. The zero-order chi connectivity index (χ0) is 21.3. The number of nitrogens with zero attached hydrogens (tertiary/aromatic N) is 1. The van der Waals surface area contributed by atoms with Gasteiger partial charge in [-0.05, 0) is 48.5 Å². The van der Waals surface area contributed by atoms with E-state index < -0.39 is 6.17 Å². The summed E-state index contributed by atoms with van der Waals surface area (Å²) < 4.78 is 15.9. The van der Waals surface area contributed by atoms with Gasteiger partial charge < -0.3 is 24.6 Å². The predicted octanol–water partition coefficient (Wildman–Crippen LogP) is 4.19. The third-order valence-corrected chi connectivity index (χ3v) is 5.10. The maximum absolute atomic E-state index is 13.5. The zero-order valence-corrected chi connectivity index (χ0v) is 16.9. The Hall–Kier alpha value is -3.87. The summed E-state index contributed by atoms with van der Waals surface area (Å²) in [7, 11) is 4.53. The molecule has 0 saturated heterocycles. The van der Waals surface area contributed by atoms with Gasteiger partial charge in [0.1, 0.15) is 11.9 Å². The summed E-state index contributed by atoms with van der Waals surface area (Å²) in [5.74, 6) is 0.966. The van der Waals surface area contributed by atoms with E-state index in [0.29, 0.717) is 22.6 Å². The highest BCUT2D eigenvalue weighted by Crippen LogP contribution is 2.43. The molecule has 0 fully saturated rings. The molecule has 1 amide bonds. The average Bonchev–Trinajstić information content (AvgIpc) is 2.79. The van der Waals surface area contributed by atoms with E-state index in [2.05, 4.69) is 5.32 Å². The van der Waals surface area contributed by atoms with Crippen molar-refractivity contribution < 1.29 is 24.1 Å². The number of phenols is 1. The molecular formula is C23H22N2O5. The number of methoxy groups -OCH3 is 3. The minimum Gasteiger partial charge on any atom is -0.502 e. The van der Waals surface area contributed by atoms with Gasteiger partial charge in [-0.25, -0.2) is 0 Å². The molecule has 0 aliphatic carbocycles. The van der Waals surface area contributed by atoms with E-state index in [0.717, 1.165) is 5.69 Å². The molecule has 1 aliphatic heterocycles. The summed E-state index contributed by atoms with van der Waals surface area (Å²) in [6, 6.07) is 18.0. The number of fused-ring (bicyclic) bond motifs is 1. The van der Waals surface area contributed by atoms with Crippen molar-refractivity contribution in [3.05, 3.63) is 71.8 Å². The minimum atomic E-state index is -0.552. The number of carbonyl (C=O) groups excluding carboxylic acids is 1. The van der Waals surface area contributed by atoms with E-state index in [9.17, 15) is 9.90 Å². The molecule has 3 aromatic rings. The fourth-order valence-electron chi connectivity index (χ4n) is 3.57. The molecule has 0 bridgehead atoms. The Balaban J connectivity index is 1.88. The van der Waals surface area contributed by atoms with Gasteiger partial charge >= 0.3 is 0 Å². The van der Waals surface area contributed by atoms with Crippen LogP contribution in [0.15, 0.2) is 60.7 Å². The lowest BCUT2D eigenvalue weighted by molar-refractivity contribution is 0.0974. The number of benzene rings is 3. The van der Waals surface area contributed by atoms with Crippen LogP contribution < -0.4 is 24.4 Å². The van der Waals surface area contributed by atoms with Gasteiger partial charge in [0.05, 0.1) is 26.9 Å². The molecular weight excluding hydrogens is 384 g/mol. The summed E-state index contributed by atoms with van der Waals surface area (Å²) in [6.45, 7) is 0. The topological polar surface area (TPSA) is 80.3 Å². The Morgan fingerprint density at radius 3 is 2.13 bits per heavy atom. The van der Waals surface area contributed by atoms with Gasteiger partial charge in [0.15, 0.2) is 11.5 Å². The van der Waals surface area contributed by atoms with Crippen molar-refractivity contribution in [3.8, 4) is 23.0 Å². The van der Waals surface area contributed by atoms with Gasteiger partial charge in [0.2, 0.25) is 5.75 Å². The maximum atomic E-state index is 13.5. The second kappa shape index (κ2) is 7.87. The van der Waals surface area contributed by atoms with Crippen LogP contribution in [0.3, 0.4) is 0 Å². The SMILES string of the molecule is COc1ccc(N2C(=O)c3ccccc3N[C@@H]2c2cc(OC)c(O)c(OC)c2)cc1. The Bertz CT molecular complexity index is 1060. The van der Waals surface area contributed by atoms with Crippen molar-refractivity contribution in [2.24, 2.45) is 0 Å². The number of carbonyl (C=O) groups is 1. The quantitative estimate of drug-likeness (QED) is 0.661. The first-order chi connectivity index (χ1) is 14.6. The average molecular weight is 406 g/mol. The smallest absolute Gasteiger partial charge is 0.262 e. The molecule has 1 aliphatic rings. The number of hydrogen-bond acceptors (Lipinski definition) is 6. The molecule has 0 spiro atoms. The van der Waals surface area contributed by atoms with Crippen molar-refractivity contribution in [1.29, 1.82) is 0 Å². The van der Waals surface area contributed by atoms with Crippen LogP contribution in [0.4, 0.5) is 11.4 Å². The predicted molar refractivity (Wildman–Crippen MR) is 114 cm³/mol. The van der Waals surface area contributed by atoms with Crippen molar-refractivity contribution >= 4 is 17.3 Å². The minimum absolute atomic E-state index is 0.0951. The Morgan fingerprint density at radius 2 is 1.53 bits per heavy atom. The first-order valence-electron chi connectivity index (χ1n) is 9.35. The van der Waals surface area contributed by atoms with Crippen LogP contribution in [-0.2, 0) is 0 Å². The Labute approximate surface area is 174 Å². The highest BCUT2D eigenvalue weighted by molar-refractivity contribution is 6.12. The number of ether oxygens (including phenoxy) is 3. The number of anilines is 2. The number of aromatic hydroxyl groups is 1. The summed E-state index contributed by atoms with van der Waals surface area (Å²) in [4.78, 5) is 15.1. The largest absolute Gasteiger partial charge is 0.502 e. The molecule has 2 N–H and O–H groups in total. The van der Waals surface area contributed by atoms with E-state index in [4.69, 9.17) is 14.2 Å². The lowest BCUT2D eigenvalue weighted by Gasteiger charge is -2.38. The fraction of sp³-hybridized carbons (Fsp3) is 0.174. The second-order valence-corrected chi connectivity index (χ2v) is 6.74. The molecule has 0 saturated carbocycles. The fourth-order valence-corrected chi connectivity index (χ4v) is 3.57. The maximum Gasteiger partial charge on any atom is 0.262 e. The number of phenolic OH excluding ortho intramolecular Hbond substituents is 1. The molecule has 4 rings (SSSR count). The molecule has 0 radical (unpaired) electrons. The van der Waals surface area contributed by atoms with Crippen molar-refractivity contribution in [2.75, 3.05) is 31.5 Å². The first-order valence-corrected chi connectivity index (χ1v) is 9.35. The number of para-hydroxylation sites is 1. The number of amides is 1. The number of rotatable bonds is 5. The van der Waals surface area contributed by atoms with Gasteiger partial charge in [-0.2, -0.15) is 0 Å². The monoisotopic (exact) mass is 406 g/mol. The third-order valence-electron chi connectivity index (χ3n) is 5.10. The van der Waals surface area contributed by atoms with Crippen LogP contribution in [0, 0.1) is 0 Å². The van der Waals surface area contributed by atoms with E-state index >= 15 is 0 Å². The van der Waals surface area contributed by atoms with Gasteiger partial charge in [-0.1, -0.05) is 12.1 Å². The lowest BCUT2D eigenvalue weighted by atomic mass is 10.0. The van der Waals surface area contributed by atoms with E-state index in [-0.39, 0.29) is 23.2 Å². The van der Waals surface area contributed by atoms with Gasteiger partial charge in [0.25, 0.3) is 5.91 Å². The van der Waals surface area contributed by atoms with Crippen molar-refractivity contribution in [1.82, 2.24) is 0 Å². The van der Waals surface area contributed by atoms with Crippen LogP contribution in [0.25, 0.3) is 0 Å². The summed E-state index contributed by atoms with van der Waals surface area (Å²) in [6.07, 6.45) is -0.552. The summed E-state index contributed by atoms with van der Waals surface area (Å²) >= 11 is 0. The van der Waals surface area contributed by atoms with Crippen LogP contribution >= 0.6 is 0 Å². The molecule has 7 nitrogen and oxygen atoms in total. The standard InChI is InChI=1S/C23H22N2O5/c1-28-16-10-8-15(9-11-16)25-22(24-18-7-5-4-6-17(18)23(25)27)14-12-19(29-2)21(26)20(13-14)30-3/h4-13,22,24,26H,1-3H3/t22-/m0/s1. The van der Waals surface area contributed by atoms with E-state index in [1.54, 1.807) is 42.3 Å². The molecule has 0 unspecified atom stereocenters. The van der Waals surface area contributed by atoms with Crippen LogP contribution in [-0.4, -0.2) is 32.3 Å².